The van der Waals surface area contributed by atoms with Crippen LogP contribution in [0.1, 0.15) is 54.4 Å². The summed E-state index contributed by atoms with van der Waals surface area (Å²) in [6.07, 6.45) is 12.0. The summed E-state index contributed by atoms with van der Waals surface area (Å²) in [5.41, 5.74) is 3.31. The predicted molar refractivity (Wildman–Crippen MR) is 94.2 cm³/mol. The summed E-state index contributed by atoms with van der Waals surface area (Å²) in [7, 11) is 0. The molecular formula is C19H30N2. The van der Waals surface area contributed by atoms with Gasteiger partial charge in [0.05, 0.1) is 5.70 Å². The largest absolute Gasteiger partial charge is 0.308 e. The third kappa shape index (κ3) is 5.45. The molecule has 2 nitrogen and oxygen atoms in total. The quantitative estimate of drug-likeness (QED) is 0.641. The molecule has 2 heteroatoms. The molecule has 0 saturated heterocycles. The first-order chi connectivity index (χ1) is 9.79. The maximum Gasteiger partial charge on any atom is 0.0679 e. The molecule has 0 aromatic rings. The van der Waals surface area contributed by atoms with E-state index in [0.717, 1.165) is 24.1 Å². The lowest BCUT2D eigenvalue weighted by molar-refractivity contribution is 0.466. The third-order valence-corrected chi connectivity index (χ3v) is 4.11. The number of rotatable bonds is 5. The van der Waals surface area contributed by atoms with Gasteiger partial charge in [-0.05, 0) is 30.1 Å². The maximum atomic E-state index is 7.68. The number of aliphatic imine (C=N–C) groups is 1. The topological polar surface area (TPSA) is 36.2 Å². The van der Waals surface area contributed by atoms with Crippen LogP contribution in [-0.2, 0) is 0 Å². The van der Waals surface area contributed by atoms with Crippen molar-refractivity contribution in [1.29, 1.82) is 5.41 Å². The summed E-state index contributed by atoms with van der Waals surface area (Å²) >= 11 is 0. The normalized spacial score (nSPS) is 25.4. The Bertz CT molecular complexity index is 488. The molecule has 1 N–H and O–H groups in total. The van der Waals surface area contributed by atoms with E-state index in [0.29, 0.717) is 11.8 Å². The van der Waals surface area contributed by atoms with E-state index in [-0.39, 0.29) is 5.41 Å². The standard InChI is InChI=1S/C19H30N2/c1-7-16-8-9-17(12-20)18(11-19(5,6)10-16)21-13-15(4)14(2)3/h8-9,11-15,20H,7,10H2,1-6H3/b16-8?,17-9-,18-11+,20-12?,21-13?. The second kappa shape index (κ2) is 7.53. The molecule has 116 valence electrons. The van der Waals surface area contributed by atoms with E-state index in [9.17, 15) is 0 Å². The van der Waals surface area contributed by atoms with Gasteiger partial charge in [-0.15, -0.1) is 0 Å². The lowest BCUT2D eigenvalue weighted by atomic mass is 9.82. The van der Waals surface area contributed by atoms with Crippen LogP contribution >= 0.6 is 0 Å². The van der Waals surface area contributed by atoms with Crippen molar-refractivity contribution in [3.05, 3.63) is 35.1 Å². The molecule has 0 aromatic carbocycles. The van der Waals surface area contributed by atoms with Gasteiger partial charge in [0.15, 0.2) is 0 Å². The molecule has 0 bridgehead atoms. The van der Waals surface area contributed by atoms with Crippen molar-refractivity contribution in [1.82, 2.24) is 0 Å². The van der Waals surface area contributed by atoms with Crippen molar-refractivity contribution < 1.29 is 0 Å². The van der Waals surface area contributed by atoms with Crippen molar-refractivity contribution >= 4 is 12.4 Å². The lowest BCUT2D eigenvalue weighted by Gasteiger charge is -2.24. The van der Waals surface area contributed by atoms with Crippen LogP contribution in [0.2, 0.25) is 0 Å². The van der Waals surface area contributed by atoms with Crippen molar-refractivity contribution in [3.8, 4) is 0 Å². The molecule has 0 aromatic heterocycles. The van der Waals surface area contributed by atoms with Crippen LogP contribution < -0.4 is 0 Å². The van der Waals surface area contributed by atoms with Gasteiger partial charge in [0.2, 0.25) is 0 Å². The average molecular weight is 286 g/mol. The zero-order valence-electron chi connectivity index (χ0n) is 14.4. The van der Waals surface area contributed by atoms with E-state index >= 15 is 0 Å². The van der Waals surface area contributed by atoms with Gasteiger partial charge in [0, 0.05) is 18.0 Å². The Balaban J connectivity index is 3.19. The van der Waals surface area contributed by atoms with E-state index in [2.05, 4.69) is 53.7 Å². The molecule has 0 aliphatic heterocycles. The van der Waals surface area contributed by atoms with Gasteiger partial charge < -0.3 is 5.41 Å². The van der Waals surface area contributed by atoms with Crippen molar-refractivity contribution in [2.45, 2.75) is 54.4 Å². The van der Waals surface area contributed by atoms with Gasteiger partial charge in [-0.2, -0.15) is 0 Å². The zero-order valence-corrected chi connectivity index (χ0v) is 14.4. The number of hydrogen-bond acceptors (Lipinski definition) is 2. The first-order valence-electron chi connectivity index (χ1n) is 7.96. The van der Waals surface area contributed by atoms with Crippen LogP contribution in [0.15, 0.2) is 40.1 Å². The van der Waals surface area contributed by atoms with Gasteiger partial charge >= 0.3 is 0 Å². The molecule has 1 rings (SSSR count). The highest BCUT2D eigenvalue weighted by molar-refractivity contribution is 5.84. The minimum absolute atomic E-state index is 0.0676. The van der Waals surface area contributed by atoms with Crippen LogP contribution in [0.4, 0.5) is 0 Å². The molecule has 0 saturated carbocycles. The van der Waals surface area contributed by atoms with E-state index in [1.807, 2.05) is 12.3 Å². The fourth-order valence-electron chi connectivity index (χ4n) is 2.29. The number of allylic oxidation sites excluding steroid dienone is 5. The van der Waals surface area contributed by atoms with Crippen LogP contribution in [0.3, 0.4) is 0 Å². The highest BCUT2D eigenvalue weighted by Gasteiger charge is 2.20. The van der Waals surface area contributed by atoms with Crippen molar-refractivity contribution in [3.63, 3.8) is 0 Å². The minimum Gasteiger partial charge on any atom is -0.308 e. The number of nitrogens with zero attached hydrogens (tertiary/aromatic N) is 1. The van der Waals surface area contributed by atoms with Gasteiger partial charge in [-0.25, -0.2) is 0 Å². The molecular weight excluding hydrogens is 256 g/mol. The SMILES string of the molecule is CCC1=C/C=C(C=N)\C(N=CC(C)C(C)C)=C/C(C)(C)C1. The Morgan fingerprint density at radius 3 is 2.48 bits per heavy atom. The van der Waals surface area contributed by atoms with Gasteiger partial charge in [-0.1, -0.05) is 65.3 Å². The van der Waals surface area contributed by atoms with Crippen LogP contribution in [0.25, 0.3) is 0 Å². The van der Waals surface area contributed by atoms with E-state index in [1.54, 1.807) is 0 Å². The lowest BCUT2D eigenvalue weighted by Crippen LogP contribution is -2.12. The molecule has 0 amide bonds. The Morgan fingerprint density at radius 2 is 1.95 bits per heavy atom. The summed E-state index contributed by atoms with van der Waals surface area (Å²) < 4.78 is 0. The number of hydrogen-bond donors (Lipinski definition) is 1. The average Bonchev–Trinajstić information content (AvgIpc) is 2.40. The molecule has 1 atom stereocenters. The molecule has 0 radical (unpaired) electrons. The van der Waals surface area contributed by atoms with Gasteiger partial charge in [0.25, 0.3) is 0 Å². The summed E-state index contributed by atoms with van der Waals surface area (Å²) in [6.45, 7) is 13.3. The van der Waals surface area contributed by atoms with E-state index in [1.165, 1.54) is 11.8 Å². The van der Waals surface area contributed by atoms with Crippen LogP contribution in [0, 0.1) is 22.7 Å². The van der Waals surface area contributed by atoms with Crippen molar-refractivity contribution in [2.24, 2.45) is 22.2 Å². The van der Waals surface area contributed by atoms with Crippen LogP contribution in [-0.4, -0.2) is 12.4 Å². The highest BCUT2D eigenvalue weighted by atomic mass is 14.7. The first-order valence-corrected chi connectivity index (χ1v) is 7.96. The highest BCUT2D eigenvalue weighted by Crippen LogP contribution is 2.33. The molecule has 0 fully saturated rings. The third-order valence-electron chi connectivity index (χ3n) is 4.11. The maximum absolute atomic E-state index is 7.68. The first kappa shape index (κ1) is 17.6. The molecule has 0 spiro atoms. The van der Waals surface area contributed by atoms with Gasteiger partial charge in [-0.3, -0.25) is 4.99 Å². The molecule has 21 heavy (non-hydrogen) atoms. The minimum atomic E-state index is 0.0676. The van der Waals surface area contributed by atoms with Gasteiger partial charge in [0.1, 0.15) is 0 Å². The molecule has 1 aliphatic carbocycles. The predicted octanol–water partition coefficient (Wildman–Crippen LogP) is 5.58. The summed E-state index contributed by atoms with van der Waals surface area (Å²) in [5, 5.41) is 7.68. The Morgan fingerprint density at radius 1 is 1.29 bits per heavy atom. The fraction of sp³-hybridized carbons (Fsp3) is 0.579. The molecule has 1 aliphatic rings. The summed E-state index contributed by atoms with van der Waals surface area (Å²) in [5.74, 6) is 1.02. The van der Waals surface area contributed by atoms with E-state index in [4.69, 9.17) is 10.4 Å². The smallest absolute Gasteiger partial charge is 0.0679 e. The van der Waals surface area contributed by atoms with Crippen molar-refractivity contribution in [2.75, 3.05) is 0 Å². The monoisotopic (exact) mass is 286 g/mol. The second-order valence-corrected chi connectivity index (χ2v) is 7.02. The number of nitrogens with one attached hydrogen (secondary N) is 1. The second-order valence-electron chi connectivity index (χ2n) is 7.02. The Kier molecular flexibility index (Phi) is 6.32. The fourth-order valence-corrected chi connectivity index (χ4v) is 2.29. The molecule has 1 unspecified atom stereocenters. The zero-order chi connectivity index (χ0) is 16.0. The van der Waals surface area contributed by atoms with E-state index < -0.39 is 0 Å². The van der Waals surface area contributed by atoms with Crippen LogP contribution in [0.5, 0.6) is 0 Å². The summed E-state index contributed by atoms with van der Waals surface area (Å²) in [6, 6.07) is 0. The Hall–Kier alpha value is -1.44. The molecule has 0 heterocycles. The Labute approximate surface area is 130 Å². The summed E-state index contributed by atoms with van der Waals surface area (Å²) in [4.78, 5) is 4.69.